The first kappa shape index (κ1) is 33.2. The first-order valence-corrected chi connectivity index (χ1v) is 19.1. The van der Waals surface area contributed by atoms with Crippen molar-refractivity contribution in [1.82, 2.24) is 0 Å². The van der Waals surface area contributed by atoms with Crippen LogP contribution >= 0.6 is 0 Å². The Morgan fingerprint density at radius 3 is 1.41 bits per heavy atom. The molecule has 0 saturated heterocycles. The van der Waals surface area contributed by atoms with Crippen molar-refractivity contribution in [2.75, 3.05) is 4.90 Å². The lowest BCUT2D eigenvalue weighted by Gasteiger charge is -2.30. The smallest absolute Gasteiger partial charge is 0.135 e. The molecule has 1 aromatic heterocycles. The van der Waals surface area contributed by atoms with Gasteiger partial charge in [0.05, 0.1) is 5.69 Å². The molecule has 0 aliphatic carbocycles. The lowest BCUT2D eigenvalue weighted by Crippen LogP contribution is -2.12. The van der Waals surface area contributed by atoms with Crippen LogP contribution in [0.4, 0.5) is 17.1 Å². The van der Waals surface area contributed by atoms with E-state index in [1.54, 1.807) is 0 Å². The Morgan fingerprint density at radius 1 is 0.286 bits per heavy atom. The van der Waals surface area contributed by atoms with Crippen LogP contribution in [0.1, 0.15) is 0 Å². The topological polar surface area (TPSA) is 16.4 Å². The van der Waals surface area contributed by atoms with E-state index in [1.165, 1.54) is 38.9 Å². The summed E-state index contributed by atoms with van der Waals surface area (Å²) in [5.41, 5.74) is 16.7. The predicted octanol–water partition coefficient (Wildman–Crippen LogP) is 15.4. The molecule has 0 amide bonds. The summed E-state index contributed by atoms with van der Waals surface area (Å²) in [5.74, 6) is 0. The average molecular weight is 716 g/mol. The molecule has 2 nitrogen and oxygen atoms in total. The SMILES string of the molecule is c1ccc(-c2ccc(-c3ccc(N(c4ccc5oc6ccccc6c5c4)c4cccc(-c5ccccc5)c4-c4ccccc4-c4ccccc4)cc3)cc2)cc1. The second kappa shape index (κ2) is 14.4. The minimum Gasteiger partial charge on any atom is -0.456 e. The number of furan rings is 1. The summed E-state index contributed by atoms with van der Waals surface area (Å²) in [5, 5.41) is 2.19. The van der Waals surface area contributed by atoms with Crippen molar-refractivity contribution >= 4 is 39.0 Å². The maximum atomic E-state index is 6.32. The number of benzene rings is 9. The highest BCUT2D eigenvalue weighted by molar-refractivity contribution is 6.07. The molecule has 0 fully saturated rings. The third-order valence-corrected chi connectivity index (χ3v) is 10.7. The third-order valence-electron chi connectivity index (χ3n) is 10.7. The van der Waals surface area contributed by atoms with Crippen molar-refractivity contribution in [2.24, 2.45) is 0 Å². The molecule has 0 N–H and O–H groups in total. The molecule has 10 aromatic rings. The van der Waals surface area contributed by atoms with Crippen LogP contribution in [0.3, 0.4) is 0 Å². The fourth-order valence-corrected chi connectivity index (χ4v) is 8.01. The normalized spacial score (nSPS) is 11.2. The van der Waals surface area contributed by atoms with Gasteiger partial charge in [-0.25, -0.2) is 0 Å². The van der Waals surface area contributed by atoms with E-state index in [0.29, 0.717) is 0 Å². The second-order valence-corrected chi connectivity index (χ2v) is 14.1. The van der Waals surface area contributed by atoms with Gasteiger partial charge in [0.15, 0.2) is 0 Å². The van der Waals surface area contributed by atoms with Crippen molar-refractivity contribution in [2.45, 2.75) is 0 Å². The van der Waals surface area contributed by atoms with Gasteiger partial charge in [0, 0.05) is 27.7 Å². The van der Waals surface area contributed by atoms with Crippen LogP contribution in [-0.2, 0) is 0 Å². The van der Waals surface area contributed by atoms with Gasteiger partial charge >= 0.3 is 0 Å². The van der Waals surface area contributed by atoms with Crippen molar-refractivity contribution < 1.29 is 4.42 Å². The van der Waals surface area contributed by atoms with Gasteiger partial charge in [-0.15, -0.1) is 0 Å². The minimum atomic E-state index is 0.872. The fourth-order valence-electron chi connectivity index (χ4n) is 8.01. The van der Waals surface area contributed by atoms with Crippen LogP contribution in [0.15, 0.2) is 229 Å². The van der Waals surface area contributed by atoms with Gasteiger partial charge in [-0.3, -0.25) is 0 Å². The van der Waals surface area contributed by atoms with Crippen molar-refractivity contribution in [1.29, 1.82) is 0 Å². The predicted molar refractivity (Wildman–Crippen MR) is 236 cm³/mol. The van der Waals surface area contributed by atoms with Crippen LogP contribution in [0.25, 0.3) is 77.6 Å². The van der Waals surface area contributed by atoms with E-state index in [0.717, 1.165) is 55.7 Å². The molecule has 0 aliphatic rings. The lowest BCUT2D eigenvalue weighted by molar-refractivity contribution is 0.669. The van der Waals surface area contributed by atoms with Crippen LogP contribution < -0.4 is 4.90 Å². The van der Waals surface area contributed by atoms with Crippen molar-refractivity contribution in [3.05, 3.63) is 224 Å². The summed E-state index contributed by atoms with van der Waals surface area (Å²) in [6.07, 6.45) is 0. The number of hydrogen-bond acceptors (Lipinski definition) is 2. The molecule has 56 heavy (non-hydrogen) atoms. The molecule has 9 aromatic carbocycles. The van der Waals surface area contributed by atoms with E-state index in [1.807, 2.05) is 12.1 Å². The molecule has 0 spiro atoms. The lowest BCUT2D eigenvalue weighted by atomic mass is 9.87. The highest BCUT2D eigenvalue weighted by Gasteiger charge is 2.23. The summed E-state index contributed by atoms with van der Waals surface area (Å²) >= 11 is 0. The zero-order valence-corrected chi connectivity index (χ0v) is 30.7. The zero-order chi connectivity index (χ0) is 37.3. The molecule has 264 valence electrons. The maximum Gasteiger partial charge on any atom is 0.135 e. The Bertz CT molecular complexity index is 2930. The summed E-state index contributed by atoms with van der Waals surface area (Å²) in [4.78, 5) is 2.41. The Morgan fingerprint density at radius 2 is 0.750 bits per heavy atom. The maximum absolute atomic E-state index is 6.32. The molecule has 0 saturated carbocycles. The van der Waals surface area contributed by atoms with E-state index in [-0.39, 0.29) is 0 Å². The molecule has 0 aliphatic heterocycles. The molecular formula is C54H37NO. The number of para-hydroxylation sites is 1. The van der Waals surface area contributed by atoms with Gasteiger partial charge in [-0.1, -0.05) is 182 Å². The Balaban J connectivity index is 1.18. The van der Waals surface area contributed by atoms with Crippen molar-refractivity contribution in [3.8, 4) is 55.6 Å². The molecule has 10 rings (SSSR count). The minimum absolute atomic E-state index is 0.872. The number of hydrogen-bond donors (Lipinski definition) is 0. The fraction of sp³-hybridized carbons (Fsp3) is 0. The highest BCUT2D eigenvalue weighted by atomic mass is 16.3. The Labute approximate surface area is 327 Å². The van der Waals surface area contributed by atoms with E-state index >= 15 is 0 Å². The summed E-state index contributed by atoms with van der Waals surface area (Å²) in [6.45, 7) is 0. The van der Waals surface area contributed by atoms with Crippen LogP contribution in [-0.4, -0.2) is 0 Å². The van der Waals surface area contributed by atoms with Crippen LogP contribution in [0, 0.1) is 0 Å². The molecule has 2 heteroatoms. The first-order chi connectivity index (χ1) is 27.8. The summed E-state index contributed by atoms with van der Waals surface area (Å²) < 4.78 is 6.32. The highest BCUT2D eigenvalue weighted by Crippen LogP contribution is 2.48. The van der Waals surface area contributed by atoms with Gasteiger partial charge < -0.3 is 9.32 Å². The number of anilines is 3. The largest absolute Gasteiger partial charge is 0.456 e. The quantitative estimate of drug-likeness (QED) is 0.156. The van der Waals surface area contributed by atoms with Gasteiger partial charge in [0.2, 0.25) is 0 Å². The summed E-state index contributed by atoms with van der Waals surface area (Å²) in [7, 11) is 0. The monoisotopic (exact) mass is 715 g/mol. The van der Waals surface area contributed by atoms with E-state index in [2.05, 4.69) is 217 Å². The van der Waals surface area contributed by atoms with Gasteiger partial charge in [-0.05, 0) is 92.5 Å². The number of rotatable bonds is 8. The summed E-state index contributed by atoms with van der Waals surface area (Å²) in [6, 6.07) is 80.2. The number of nitrogens with zero attached hydrogens (tertiary/aromatic N) is 1. The molecule has 0 bridgehead atoms. The standard InChI is InChI=1S/C54H37NO/c1-4-15-38(16-5-1)39-27-29-40(30-28-39)41-31-33-44(34-32-41)55(45-35-36-53-50(37-45)48-22-12-13-26-52(48)56-53)51-25-14-24-47(43-19-8-3-9-20-43)54(51)49-23-11-10-21-46(49)42-17-6-2-7-18-42/h1-37H. The zero-order valence-electron chi connectivity index (χ0n) is 30.7. The third kappa shape index (κ3) is 6.14. The molecular weight excluding hydrogens is 679 g/mol. The van der Waals surface area contributed by atoms with Crippen molar-refractivity contribution in [3.63, 3.8) is 0 Å². The second-order valence-electron chi connectivity index (χ2n) is 14.1. The van der Waals surface area contributed by atoms with E-state index in [9.17, 15) is 0 Å². The van der Waals surface area contributed by atoms with Crippen LogP contribution in [0.5, 0.6) is 0 Å². The first-order valence-electron chi connectivity index (χ1n) is 19.1. The number of fused-ring (bicyclic) bond motifs is 3. The van der Waals surface area contributed by atoms with Gasteiger partial charge in [0.1, 0.15) is 11.2 Å². The van der Waals surface area contributed by atoms with Gasteiger partial charge in [0.25, 0.3) is 0 Å². The van der Waals surface area contributed by atoms with Crippen LogP contribution in [0.2, 0.25) is 0 Å². The molecule has 0 unspecified atom stereocenters. The average Bonchev–Trinajstić information content (AvgIpc) is 3.66. The molecule has 0 atom stereocenters. The van der Waals surface area contributed by atoms with E-state index < -0.39 is 0 Å². The Hall–Kier alpha value is -7.42. The molecule has 0 radical (unpaired) electrons. The van der Waals surface area contributed by atoms with E-state index in [4.69, 9.17) is 4.42 Å². The Kier molecular flexibility index (Phi) is 8.55. The van der Waals surface area contributed by atoms with Gasteiger partial charge in [-0.2, -0.15) is 0 Å². The molecule has 1 heterocycles.